The zero-order valence-corrected chi connectivity index (χ0v) is 17.8. The van der Waals surface area contributed by atoms with Crippen LogP contribution in [0.5, 0.6) is 0 Å². The summed E-state index contributed by atoms with van der Waals surface area (Å²) in [6, 6.07) is 0. The maximum atomic E-state index is 2.50. The molecule has 0 aromatic carbocycles. The fraction of sp³-hybridized carbons (Fsp3) is 0.714. The van der Waals surface area contributed by atoms with Gasteiger partial charge in [-0.3, -0.25) is 0 Å². The van der Waals surface area contributed by atoms with E-state index in [1.807, 2.05) is 0 Å². The predicted octanol–water partition coefficient (Wildman–Crippen LogP) is 5.56. The maximum absolute atomic E-state index is 2.50. The van der Waals surface area contributed by atoms with Gasteiger partial charge in [-0.05, 0) is 0 Å². The van der Waals surface area contributed by atoms with Gasteiger partial charge in [-0.1, -0.05) is 0 Å². The van der Waals surface area contributed by atoms with E-state index in [0.29, 0.717) is 0 Å². The average molecular weight is 436 g/mol. The van der Waals surface area contributed by atoms with Crippen molar-refractivity contribution in [2.75, 3.05) is 0 Å². The molecule has 0 radical (unpaired) electrons. The van der Waals surface area contributed by atoms with Crippen LogP contribution < -0.4 is 0 Å². The van der Waals surface area contributed by atoms with Crippen LogP contribution in [-0.4, -0.2) is 36.8 Å². The van der Waals surface area contributed by atoms with E-state index in [9.17, 15) is 0 Å². The molecule has 0 saturated carbocycles. The molecule has 0 rings (SSSR count). The molecular weight excluding hydrogens is 406 g/mol. The molecule has 94 valence electrons. The molecule has 0 aliphatic carbocycles. The van der Waals surface area contributed by atoms with E-state index < -0.39 is 36.8 Å². The van der Waals surface area contributed by atoms with Gasteiger partial charge in [0.1, 0.15) is 0 Å². The normalized spacial score (nSPS) is 14.1. The van der Waals surface area contributed by atoms with Crippen LogP contribution in [0.3, 0.4) is 0 Å². The van der Waals surface area contributed by atoms with Crippen molar-refractivity contribution in [3.05, 3.63) is 24.3 Å². The van der Waals surface area contributed by atoms with E-state index in [0.717, 1.165) is 0 Å². The second kappa shape index (κ2) is 8.23. The summed E-state index contributed by atoms with van der Waals surface area (Å²) in [5, 5.41) is 0. The Kier molecular flexibility index (Phi) is 8.78. The van der Waals surface area contributed by atoms with Crippen molar-refractivity contribution < 1.29 is 0 Å². The summed E-state index contributed by atoms with van der Waals surface area (Å²) in [6.45, 7) is 0. The van der Waals surface area contributed by atoms with Gasteiger partial charge in [0.05, 0.1) is 0 Å². The molecule has 0 spiro atoms. The quantitative estimate of drug-likeness (QED) is 0.279. The summed E-state index contributed by atoms with van der Waals surface area (Å²) >= 11 is -3.03. The van der Waals surface area contributed by atoms with Gasteiger partial charge >= 0.3 is 112 Å². The topological polar surface area (TPSA) is 0 Å². The van der Waals surface area contributed by atoms with Gasteiger partial charge in [-0.25, -0.2) is 0 Å². The number of hydrogen-bond donors (Lipinski definition) is 0. The van der Waals surface area contributed by atoms with Crippen molar-refractivity contribution in [3.63, 3.8) is 0 Å². The van der Waals surface area contributed by atoms with Crippen LogP contribution in [0.25, 0.3) is 0 Å². The molecule has 0 nitrogen and oxygen atoms in total. The molecule has 0 saturated heterocycles. The number of allylic oxidation sites excluding steroid dienone is 4. The average Bonchev–Trinajstić information content (AvgIpc) is 2.06. The summed E-state index contributed by atoms with van der Waals surface area (Å²) in [7, 11) is 0. The van der Waals surface area contributed by atoms with E-state index in [-0.39, 0.29) is 0 Å². The Morgan fingerprint density at radius 3 is 1.12 bits per heavy atom. The van der Waals surface area contributed by atoms with E-state index in [4.69, 9.17) is 0 Å². The van der Waals surface area contributed by atoms with Crippen LogP contribution in [-0.2, 0) is 0 Å². The van der Waals surface area contributed by atoms with E-state index in [2.05, 4.69) is 53.9 Å². The number of unbranched alkanes of at least 4 members (excludes halogenated alkanes) is 1. The number of hydrogen-bond acceptors (Lipinski definition) is 0. The summed E-state index contributed by atoms with van der Waals surface area (Å²) < 4.78 is 2.80. The second-order valence-corrected chi connectivity index (χ2v) is 38.6. The first-order valence-corrected chi connectivity index (χ1v) is 27.7. The Balaban J connectivity index is 3.54. The predicted molar refractivity (Wildman–Crippen MR) is 83.8 cm³/mol. The van der Waals surface area contributed by atoms with Gasteiger partial charge < -0.3 is 0 Å². The number of rotatable bonds is 7. The fourth-order valence-corrected chi connectivity index (χ4v) is 6.29. The first-order valence-electron chi connectivity index (χ1n) is 6.51. The van der Waals surface area contributed by atoms with Gasteiger partial charge in [0.15, 0.2) is 0 Å². The van der Waals surface area contributed by atoms with Crippen LogP contribution in [0.1, 0.15) is 12.8 Å². The first kappa shape index (κ1) is 17.1. The van der Waals surface area contributed by atoms with E-state index in [1.165, 1.54) is 21.7 Å². The van der Waals surface area contributed by atoms with Crippen LogP contribution in [0.4, 0.5) is 0 Å². The molecular formula is C14H30Sn2. The van der Waals surface area contributed by atoms with Gasteiger partial charge in [-0.2, -0.15) is 0 Å². The van der Waals surface area contributed by atoms with Crippen molar-refractivity contribution >= 4 is 36.8 Å². The van der Waals surface area contributed by atoms with Gasteiger partial charge in [0.25, 0.3) is 0 Å². The molecule has 0 atom stereocenters. The standard InChI is InChI=1S/C8H12.6CH3.2Sn/c1-3-5-7-8-6-4-2;;;;;;;;/h3-6H,1-2,7-8H2;6*1H3;;/b5-3+,6-4+;;;;;;;;. The Morgan fingerprint density at radius 2 is 0.875 bits per heavy atom. The Morgan fingerprint density at radius 1 is 0.562 bits per heavy atom. The minimum atomic E-state index is -1.52. The van der Waals surface area contributed by atoms with Crippen molar-refractivity contribution in [3.8, 4) is 0 Å². The summed E-state index contributed by atoms with van der Waals surface area (Å²) in [5.41, 5.74) is 0. The van der Waals surface area contributed by atoms with Crippen molar-refractivity contribution in [1.29, 1.82) is 0 Å². The SMILES string of the molecule is [CH3][Sn]([CH3])([CH3])[CH2]/C=C/CC/C=C/[CH2][Sn]([CH3])([CH3])[CH3]. The molecule has 0 fully saturated rings. The second-order valence-electron chi connectivity index (χ2n) is 7.05. The molecule has 0 heterocycles. The van der Waals surface area contributed by atoms with Gasteiger partial charge in [0, 0.05) is 0 Å². The molecule has 0 aliphatic heterocycles. The zero-order valence-electron chi connectivity index (χ0n) is 12.1. The van der Waals surface area contributed by atoms with Gasteiger partial charge in [-0.15, -0.1) is 0 Å². The zero-order chi connectivity index (χ0) is 12.7. The summed E-state index contributed by atoms with van der Waals surface area (Å²) in [4.78, 5) is 15.0. The molecule has 16 heavy (non-hydrogen) atoms. The molecule has 0 aromatic rings. The summed E-state index contributed by atoms with van der Waals surface area (Å²) in [5.74, 6) is 0. The third-order valence-electron chi connectivity index (χ3n) is 2.29. The van der Waals surface area contributed by atoms with Crippen LogP contribution in [0.2, 0.25) is 38.5 Å². The van der Waals surface area contributed by atoms with Crippen LogP contribution >= 0.6 is 0 Å². The minimum absolute atomic E-state index is 1.23. The fourth-order valence-electron chi connectivity index (χ4n) is 1.30. The Bertz CT molecular complexity index is 200. The van der Waals surface area contributed by atoms with Crippen molar-refractivity contribution in [1.82, 2.24) is 0 Å². The monoisotopic (exact) mass is 438 g/mol. The van der Waals surface area contributed by atoms with Gasteiger partial charge in [0.2, 0.25) is 0 Å². The Labute approximate surface area is 111 Å². The van der Waals surface area contributed by atoms with Crippen molar-refractivity contribution in [2.45, 2.75) is 51.4 Å². The van der Waals surface area contributed by atoms with Crippen LogP contribution in [0.15, 0.2) is 24.3 Å². The molecule has 0 N–H and O–H groups in total. The molecule has 0 aliphatic rings. The molecule has 0 unspecified atom stereocenters. The van der Waals surface area contributed by atoms with Crippen molar-refractivity contribution in [2.24, 2.45) is 0 Å². The molecule has 0 amide bonds. The molecule has 0 bridgehead atoms. The van der Waals surface area contributed by atoms with E-state index >= 15 is 0 Å². The third kappa shape index (κ3) is 15.1. The van der Waals surface area contributed by atoms with Crippen LogP contribution in [0, 0.1) is 0 Å². The third-order valence-corrected chi connectivity index (χ3v) is 10.6. The van der Waals surface area contributed by atoms with E-state index in [1.54, 1.807) is 0 Å². The summed E-state index contributed by atoms with van der Waals surface area (Å²) in [6.07, 6.45) is 12.1. The molecule has 0 aromatic heterocycles. The first-order chi connectivity index (χ1) is 7.21. The Hall–Kier alpha value is 1.08. The molecule has 2 heteroatoms.